The number of hydrogen-bond donors (Lipinski definition) is 0. The Kier molecular flexibility index (Phi) is 37.8. The quantitative estimate of drug-likeness (QED) is 0.0470. The molecule has 2 aromatic rings. The topological polar surface area (TPSA) is 24.7 Å². The van der Waals surface area contributed by atoms with Gasteiger partial charge in [-0.05, 0) is 73.9 Å². The predicted molar refractivity (Wildman–Crippen MR) is 273 cm³/mol. The highest BCUT2D eigenvalue weighted by atomic mass is 14.8. The number of nitrogens with zero attached hydrogens (tertiary/aromatic N) is 2. The van der Waals surface area contributed by atoms with E-state index < -0.39 is 0 Å². The minimum Gasteiger partial charge on any atom is -0.255 e. The standard InChI is InChI=1S/C58H100N2/c1-4-7-10-13-16-18-20-22-24-26-28-30-32-34-36-39-44-54-46-42-49-56(51-54)59-53-58(48-41-38-15-12-9-6-3)60-57-50-43-47-55(52-57)45-40-37-35-33-31-29-27-25-23-21-19-17-14-11-8-5-2/h42-43,46-47,49-53H,4-41,44-45,48H2,1-3H3. The van der Waals surface area contributed by atoms with Crippen LogP contribution in [0.5, 0.6) is 0 Å². The van der Waals surface area contributed by atoms with Gasteiger partial charge < -0.3 is 0 Å². The Morgan fingerprint density at radius 2 is 0.650 bits per heavy atom. The van der Waals surface area contributed by atoms with E-state index in [1.165, 1.54) is 255 Å². The van der Waals surface area contributed by atoms with Crippen molar-refractivity contribution in [3.8, 4) is 0 Å². The van der Waals surface area contributed by atoms with Gasteiger partial charge in [0.25, 0.3) is 0 Å². The molecule has 0 fully saturated rings. The van der Waals surface area contributed by atoms with Crippen LogP contribution in [0.1, 0.15) is 282 Å². The highest BCUT2D eigenvalue weighted by Gasteiger charge is 2.03. The lowest BCUT2D eigenvalue weighted by atomic mass is 10.0. The smallest absolute Gasteiger partial charge is 0.0636 e. The Hall–Kier alpha value is -2.22. The average Bonchev–Trinajstić information content (AvgIpc) is 3.26. The lowest BCUT2D eigenvalue weighted by Gasteiger charge is -2.06. The van der Waals surface area contributed by atoms with Crippen LogP contribution in [0.3, 0.4) is 0 Å². The first-order valence-corrected chi connectivity index (χ1v) is 27.0. The average molecular weight is 825 g/mol. The summed E-state index contributed by atoms with van der Waals surface area (Å²) in [7, 11) is 0. The number of unbranched alkanes of at least 4 members (excludes halogenated alkanes) is 35. The van der Waals surface area contributed by atoms with Crippen molar-refractivity contribution in [1.82, 2.24) is 0 Å². The number of benzene rings is 2. The maximum Gasteiger partial charge on any atom is 0.0636 e. The van der Waals surface area contributed by atoms with Crippen LogP contribution in [-0.2, 0) is 12.8 Å². The third-order valence-corrected chi connectivity index (χ3v) is 12.9. The van der Waals surface area contributed by atoms with Crippen LogP contribution in [0, 0.1) is 0 Å². The molecule has 0 aliphatic heterocycles. The van der Waals surface area contributed by atoms with E-state index in [0.717, 1.165) is 36.3 Å². The molecule has 0 N–H and O–H groups in total. The molecular formula is C58H100N2. The minimum atomic E-state index is 0.998. The van der Waals surface area contributed by atoms with Gasteiger partial charge in [0.05, 0.1) is 17.1 Å². The molecular weight excluding hydrogens is 725 g/mol. The van der Waals surface area contributed by atoms with E-state index in [9.17, 15) is 0 Å². The van der Waals surface area contributed by atoms with Crippen molar-refractivity contribution in [3.63, 3.8) is 0 Å². The van der Waals surface area contributed by atoms with Gasteiger partial charge in [-0.2, -0.15) is 0 Å². The molecule has 2 rings (SSSR count). The van der Waals surface area contributed by atoms with Gasteiger partial charge in [0, 0.05) is 6.21 Å². The lowest BCUT2D eigenvalue weighted by Crippen LogP contribution is -2.00. The van der Waals surface area contributed by atoms with E-state index in [1.54, 1.807) is 0 Å². The first-order valence-electron chi connectivity index (χ1n) is 27.0. The molecule has 0 aliphatic carbocycles. The summed E-state index contributed by atoms with van der Waals surface area (Å²) in [5, 5.41) is 0. The van der Waals surface area contributed by atoms with E-state index in [2.05, 4.69) is 75.5 Å². The van der Waals surface area contributed by atoms with Gasteiger partial charge >= 0.3 is 0 Å². The first kappa shape index (κ1) is 53.9. The summed E-state index contributed by atoms with van der Waals surface area (Å²) >= 11 is 0. The van der Waals surface area contributed by atoms with Gasteiger partial charge in [-0.3, -0.25) is 9.98 Å². The Labute approximate surface area is 375 Å². The van der Waals surface area contributed by atoms with Crippen molar-refractivity contribution in [3.05, 3.63) is 59.7 Å². The van der Waals surface area contributed by atoms with Crippen LogP contribution >= 0.6 is 0 Å². The van der Waals surface area contributed by atoms with Crippen molar-refractivity contribution in [2.75, 3.05) is 0 Å². The largest absolute Gasteiger partial charge is 0.255 e. The van der Waals surface area contributed by atoms with Crippen LogP contribution in [-0.4, -0.2) is 11.9 Å². The zero-order valence-corrected chi connectivity index (χ0v) is 40.6. The van der Waals surface area contributed by atoms with Crippen LogP contribution in [0.25, 0.3) is 0 Å². The highest BCUT2D eigenvalue weighted by Crippen LogP contribution is 2.21. The monoisotopic (exact) mass is 825 g/mol. The fourth-order valence-electron chi connectivity index (χ4n) is 8.88. The van der Waals surface area contributed by atoms with Gasteiger partial charge in [-0.15, -0.1) is 0 Å². The summed E-state index contributed by atoms with van der Waals surface area (Å²) in [5.74, 6) is 0. The second-order valence-electron chi connectivity index (χ2n) is 18.8. The molecule has 0 unspecified atom stereocenters. The maximum atomic E-state index is 5.21. The highest BCUT2D eigenvalue weighted by molar-refractivity contribution is 6.31. The molecule has 60 heavy (non-hydrogen) atoms. The molecule has 0 heterocycles. The van der Waals surface area contributed by atoms with E-state index in [-0.39, 0.29) is 0 Å². The molecule has 2 nitrogen and oxygen atoms in total. The SMILES string of the molecule is CCCCCCCCCCCCCCCCCCc1cccc(N=CC(CCCCCCCC)=Nc2cccc(CCCCCCCCCCCCCCCCCC)c2)c1. The zero-order valence-electron chi connectivity index (χ0n) is 40.6. The van der Waals surface area contributed by atoms with E-state index in [4.69, 9.17) is 9.98 Å². The van der Waals surface area contributed by atoms with Crippen molar-refractivity contribution in [1.29, 1.82) is 0 Å². The Bertz CT molecular complexity index is 1260. The van der Waals surface area contributed by atoms with E-state index >= 15 is 0 Å². The second kappa shape index (κ2) is 42.1. The number of rotatable bonds is 44. The molecule has 0 aliphatic rings. The summed E-state index contributed by atoms with van der Waals surface area (Å²) in [5.41, 5.74) is 6.13. The summed E-state index contributed by atoms with van der Waals surface area (Å²) in [6, 6.07) is 18.0. The molecule has 0 atom stereocenters. The molecule has 0 aromatic heterocycles. The summed E-state index contributed by atoms with van der Waals surface area (Å²) < 4.78 is 0. The number of aryl methyl sites for hydroxylation is 2. The molecule has 342 valence electrons. The molecule has 0 saturated heterocycles. The maximum absolute atomic E-state index is 5.21. The molecule has 2 heteroatoms. The molecule has 0 saturated carbocycles. The number of hydrogen-bond acceptors (Lipinski definition) is 2. The number of aliphatic imine (C=N–C) groups is 2. The van der Waals surface area contributed by atoms with Crippen LogP contribution in [0.2, 0.25) is 0 Å². The van der Waals surface area contributed by atoms with Crippen LogP contribution in [0.15, 0.2) is 58.5 Å². The Morgan fingerprint density at radius 3 is 1.02 bits per heavy atom. The fourth-order valence-corrected chi connectivity index (χ4v) is 8.88. The molecule has 2 aromatic carbocycles. The van der Waals surface area contributed by atoms with Gasteiger partial charge in [0.1, 0.15) is 0 Å². The van der Waals surface area contributed by atoms with Gasteiger partial charge in [-0.1, -0.05) is 270 Å². The third-order valence-electron chi connectivity index (χ3n) is 12.9. The normalized spacial score (nSPS) is 12.0. The first-order chi connectivity index (χ1) is 29.7. The van der Waals surface area contributed by atoms with Crippen molar-refractivity contribution in [2.45, 2.75) is 284 Å². The molecule has 0 radical (unpaired) electrons. The summed E-state index contributed by atoms with van der Waals surface area (Å²) in [4.78, 5) is 10.2. The van der Waals surface area contributed by atoms with E-state index in [0.29, 0.717) is 0 Å². The fraction of sp³-hybridized carbons (Fsp3) is 0.759. The Balaban J connectivity index is 1.69. The minimum absolute atomic E-state index is 0.998. The van der Waals surface area contributed by atoms with Gasteiger partial charge in [0.15, 0.2) is 0 Å². The second-order valence-corrected chi connectivity index (χ2v) is 18.8. The summed E-state index contributed by atoms with van der Waals surface area (Å²) in [6.45, 7) is 6.91. The molecule has 0 spiro atoms. The molecule has 0 amide bonds. The van der Waals surface area contributed by atoms with Crippen molar-refractivity contribution >= 4 is 23.3 Å². The predicted octanol–water partition coefficient (Wildman–Crippen LogP) is 20.5. The van der Waals surface area contributed by atoms with Crippen molar-refractivity contribution in [2.24, 2.45) is 9.98 Å². The third kappa shape index (κ3) is 33.4. The van der Waals surface area contributed by atoms with E-state index in [1.807, 2.05) is 0 Å². The van der Waals surface area contributed by atoms with Crippen molar-refractivity contribution < 1.29 is 0 Å². The van der Waals surface area contributed by atoms with Gasteiger partial charge in [0.2, 0.25) is 0 Å². The zero-order chi connectivity index (χ0) is 42.7. The van der Waals surface area contributed by atoms with Crippen LogP contribution in [0.4, 0.5) is 11.4 Å². The summed E-state index contributed by atoms with van der Waals surface area (Å²) in [6.07, 6.45) is 58.6. The van der Waals surface area contributed by atoms with Gasteiger partial charge in [-0.25, -0.2) is 0 Å². The Morgan fingerprint density at radius 1 is 0.350 bits per heavy atom. The van der Waals surface area contributed by atoms with Crippen LogP contribution < -0.4 is 0 Å². The lowest BCUT2D eigenvalue weighted by molar-refractivity contribution is 0.529. The molecule has 0 bridgehead atoms.